The molecular weight excluding hydrogens is 138 g/mol. The molecule has 0 aliphatic rings. The van der Waals surface area contributed by atoms with E-state index in [0.717, 1.165) is 13.0 Å². The second kappa shape index (κ2) is 4.16. The normalized spacial score (nSPS) is 10.8. The number of carbonyl (C=O) groups excluding carboxylic acids is 1. The molecular formula is C9H17NO. The molecule has 0 aliphatic carbocycles. The van der Waals surface area contributed by atoms with Gasteiger partial charge in [0.05, 0.1) is 0 Å². The van der Waals surface area contributed by atoms with E-state index in [1.807, 2.05) is 0 Å². The Hall–Kier alpha value is -0.790. The Morgan fingerprint density at radius 1 is 1.55 bits per heavy atom. The van der Waals surface area contributed by atoms with E-state index in [0.29, 0.717) is 0 Å². The van der Waals surface area contributed by atoms with Crippen molar-refractivity contribution in [1.82, 2.24) is 5.32 Å². The van der Waals surface area contributed by atoms with Gasteiger partial charge in [-0.15, -0.1) is 0 Å². The predicted octanol–water partition coefficient (Wildman–Crippen LogP) is 1.72. The Bertz CT molecular complexity index is 144. The van der Waals surface area contributed by atoms with Crippen LogP contribution in [0.1, 0.15) is 27.2 Å². The first-order valence-corrected chi connectivity index (χ1v) is 3.86. The van der Waals surface area contributed by atoms with Gasteiger partial charge in [0.25, 0.3) is 0 Å². The van der Waals surface area contributed by atoms with E-state index >= 15 is 0 Å². The van der Waals surface area contributed by atoms with Crippen molar-refractivity contribution in [3.05, 3.63) is 12.7 Å². The van der Waals surface area contributed by atoms with Crippen LogP contribution in [0.4, 0.5) is 0 Å². The largest absolute Gasteiger partial charge is 0.353 e. The first-order chi connectivity index (χ1) is 4.95. The average Bonchev–Trinajstić information content (AvgIpc) is 1.85. The van der Waals surface area contributed by atoms with E-state index in [4.69, 9.17) is 0 Å². The maximum atomic E-state index is 10.7. The first kappa shape index (κ1) is 10.2. The van der Waals surface area contributed by atoms with Gasteiger partial charge >= 0.3 is 0 Å². The molecule has 0 saturated heterocycles. The number of nitrogens with one attached hydrogen (secondary N) is 1. The summed E-state index contributed by atoms with van der Waals surface area (Å²) >= 11 is 0. The Morgan fingerprint density at radius 3 is 2.45 bits per heavy atom. The maximum absolute atomic E-state index is 10.7. The van der Waals surface area contributed by atoms with Crippen molar-refractivity contribution in [2.24, 2.45) is 5.41 Å². The molecule has 0 heterocycles. The summed E-state index contributed by atoms with van der Waals surface area (Å²) in [6.07, 6.45) is 2.29. The molecule has 0 rings (SSSR count). The lowest BCUT2D eigenvalue weighted by Crippen LogP contribution is -2.25. The monoisotopic (exact) mass is 155 g/mol. The number of rotatable bonds is 3. The average molecular weight is 155 g/mol. The summed E-state index contributed by atoms with van der Waals surface area (Å²) in [4.78, 5) is 10.7. The van der Waals surface area contributed by atoms with Crippen LogP contribution < -0.4 is 5.32 Å². The molecule has 0 saturated carbocycles. The Balaban J connectivity index is 3.42. The van der Waals surface area contributed by atoms with E-state index in [1.165, 1.54) is 6.08 Å². The van der Waals surface area contributed by atoms with Gasteiger partial charge in [0.1, 0.15) is 0 Å². The van der Waals surface area contributed by atoms with Gasteiger partial charge in [0, 0.05) is 6.54 Å². The third kappa shape index (κ3) is 7.10. The highest BCUT2D eigenvalue weighted by molar-refractivity contribution is 5.86. The SMILES string of the molecule is C=CC(=O)NCCC(C)(C)C. The summed E-state index contributed by atoms with van der Waals surface area (Å²) in [6, 6.07) is 0. The third-order valence-corrected chi connectivity index (χ3v) is 1.36. The third-order valence-electron chi connectivity index (χ3n) is 1.36. The summed E-state index contributed by atoms with van der Waals surface area (Å²) < 4.78 is 0. The second-order valence-electron chi connectivity index (χ2n) is 3.81. The van der Waals surface area contributed by atoms with Crippen molar-refractivity contribution >= 4 is 5.91 Å². The van der Waals surface area contributed by atoms with E-state index in [9.17, 15) is 4.79 Å². The van der Waals surface area contributed by atoms with Crippen LogP contribution in [0, 0.1) is 5.41 Å². The minimum atomic E-state index is -0.0887. The van der Waals surface area contributed by atoms with Gasteiger partial charge in [-0.25, -0.2) is 0 Å². The quantitative estimate of drug-likeness (QED) is 0.618. The highest BCUT2D eigenvalue weighted by Crippen LogP contribution is 2.16. The number of hydrogen-bond acceptors (Lipinski definition) is 1. The number of hydrogen-bond donors (Lipinski definition) is 1. The summed E-state index contributed by atoms with van der Waals surface area (Å²) in [5, 5.41) is 2.73. The molecule has 1 N–H and O–H groups in total. The maximum Gasteiger partial charge on any atom is 0.243 e. The molecule has 0 spiro atoms. The molecule has 0 unspecified atom stereocenters. The molecule has 0 aromatic rings. The van der Waals surface area contributed by atoms with Gasteiger partial charge in [-0.1, -0.05) is 27.4 Å². The van der Waals surface area contributed by atoms with Crippen LogP contribution in [-0.2, 0) is 4.79 Å². The van der Waals surface area contributed by atoms with Gasteiger partial charge in [0.15, 0.2) is 0 Å². The lowest BCUT2D eigenvalue weighted by Gasteiger charge is -2.17. The highest BCUT2D eigenvalue weighted by Gasteiger charge is 2.09. The van der Waals surface area contributed by atoms with Gasteiger partial charge in [-0.05, 0) is 17.9 Å². The molecule has 1 amide bonds. The van der Waals surface area contributed by atoms with Crippen LogP contribution in [0.2, 0.25) is 0 Å². The zero-order valence-electron chi connectivity index (χ0n) is 7.61. The summed E-state index contributed by atoms with van der Waals surface area (Å²) in [5.41, 5.74) is 0.286. The molecule has 2 heteroatoms. The highest BCUT2D eigenvalue weighted by atomic mass is 16.1. The molecule has 2 nitrogen and oxygen atoms in total. The lowest BCUT2D eigenvalue weighted by atomic mass is 9.92. The van der Waals surface area contributed by atoms with Crippen LogP contribution in [-0.4, -0.2) is 12.5 Å². The van der Waals surface area contributed by atoms with Crippen LogP contribution in [0.25, 0.3) is 0 Å². The Kier molecular flexibility index (Phi) is 3.86. The lowest BCUT2D eigenvalue weighted by molar-refractivity contribution is -0.116. The molecule has 0 fully saturated rings. The van der Waals surface area contributed by atoms with Crippen LogP contribution in [0.15, 0.2) is 12.7 Å². The fourth-order valence-corrected chi connectivity index (χ4v) is 0.633. The number of amides is 1. The molecule has 64 valence electrons. The summed E-state index contributed by atoms with van der Waals surface area (Å²) in [5.74, 6) is -0.0887. The van der Waals surface area contributed by atoms with Crippen molar-refractivity contribution in [1.29, 1.82) is 0 Å². The van der Waals surface area contributed by atoms with Crippen LogP contribution in [0.3, 0.4) is 0 Å². The van der Waals surface area contributed by atoms with Crippen molar-refractivity contribution < 1.29 is 4.79 Å². The molecule has 11 heavy (non-hydrogen) atoms. The smallest absolute Gasteiger partial charge is 0.243 e. The van der Waals surface area contributed by atoms with Gasteiger partial charge in [-0.2, -0.15) is 0 Å². The van der Waals surface area contributed by atoms with Crippen LogP contribution in [0.5, 0.6) is 0 Å². The van der Waals surface area contributed by atoms with E-state index in [-0.39, 0.29) is 11.3 Å². The first-order valence-electron chi connectivity index (χ1n) is 3.86. The van der Waals surface area contributed by atoms with E-state index < -0.39 is 0 Å². The van der Waals surface area contributed by atoms with Crippen LogP contribution >= 0.6 is 0 Å². The molecule has 0 bridgehead atoms. The zero-order valence-corrected chi connectivity index (χ0v) is 7.61. The Morgan fingerprint density at radius 2 is 2.09 bits per heavy atom. The summed E-state index contributed by atoms with van der Waals surface area (Å²) in [7, 11) is 0. The predicted molar refractivity (Wildman–Crippen MR) is 47.3 cm³/mol. The minimum absolute atomic E-state index is 0.0887. The van der Waals surface area contributed by atoms with E-state index in [1.54, 1.807) is 0 Å². The van der Waals surface area contributed by atoms with Crippen molar-refractivity contribution in [2.45, 2.75) is 27.2 Å². The minimum Gasteiger partial charge on any atom is -0.353 e. The molecule has 0 atom stereocenters. The van der Waals surface area contributed by atoms with Gasteiger partial charge in [-0.3, -0.25) is 4.79 Å². The van der Waals surface area contributed by atoms with Crippen molar-refractivity contribution in [3.8, 4) is 0 Å². The topological polar surface area (TPSA) is 29.1 Å². The van der Waals surface area contributed by atoms with Gasteiger partial charge < -0.3 is 5.32 Å². The fraction of sp³-hybridized carbons (Fsp3) is 0.667. The van der Waals surface area contributed by atoms with E-state index in [2.05, 4.69) is 32.7 Å². The molecule has 0 aliphatic heterocycles. The molecule has 0 radical (unpaired) electrons. The van der Waals surface area contributed by atoms with Crippen molar-refractivity contribution in [3.63, 3.8) is 0 Å². The van der Waals surface area contributed by atoms with Crippen molar-refractivity contribution in [2.75, 3.05) is 6.54 Å². The molecule has 0 aromatic carbocycles. The number of carbonyl (C=O) groups is 1. The second-order valence-corrected chi connectivity index (χ2v) is 3.81. The fourth-order valence-electron chi connectivity index (χ4n) is 0.633. The zero-order chi connectivity index (χ0) is 8.91. The molecule has 0 aromatic heterocycles. The van der Waals surface area contributed by atoms with Gasteiger partial charge in [0.2, 0.25) is 5.91 Å². The standard InChI is InChI=1S/C9H17NO/c1-5-8(11)10-7-6-9(2,3)4/h5H,1,6-7H2,2-4H3,(H,10,11). The Labute approximate surface area is 68.7 Å². The summed E-state index contributed by atoms with van der Waals surface area (Å²) in [6.45, 7) is 10.5.